The lowest BCUT2D eigenvalue weighted by Crippen LogP contribution is -2.49. The van der Waals surface area contributed by atoms with Crippen molar-refractivity contribution >= 4 is 27.8 Å². The summed E-state index contributed by atoms with van der Waals surface area (Å²) in [5, 5.41) is 8.87. The second kappa shape index (κ2) is 6.71. The largest absolute Gasteiger partial charge is 0.484 e. The third-order valence-corrected chi connectivity index (χ3v) is 3.40. The molecule has 0 bridgehead atoms. The van der Waals surface area contributed by atoms with Gasteiger partial charge >= 0.3 is 5.97 Å². The van der Waals surface area contributed by atoms with Crippen molar-refractivity contribution in [2.24, 2.45) is 0 Å². The maximum Gasteiger partial charge on any atom is 0.334 e. The Labute approximate surface area is 124 Å². The minimum absolute atomic E-state index is 0.0534. The fourth-order valence-corrected chi connectivity index (χ4v) is 2.06. The fraction of sp³-hybridized carbons (Fsp3) is 0.385. The second-order valence-electron chi connectivity index (χ2n) is 4.28. The smallest absolute Gasteiger partial charge is 0.334 e. The summed E-state index contributed by atoms with van der Waals surface area (Å²) in [5.41, 5.74) is 0. The molecular formula is C13H14BrNO5. The molecule has 1 N–H and O–H groups in total. The van der Waals surface area contributed by atoms with E-state index in [0.29, 0.717) is 12.3 Å². The quantitative estimate of drug-likeness (QED) is 0.887. The van der Waals surface area contributed by atoms with Gasteiger partial charge in [-0.25, -0.2) is 4.79 Å². The van der Waals surface area contributed by atoms with E-state index in [2.05, 4.69) is 15.9 Å². The highest BCUT2D eigenvalue weighted by molar-refractivity contribution is 9.10. The third-order valence-electron chi connectivity index (χ3n) is 2.87. The second-order valence-corrected chi connectivity index (χ2v) is 5.20. The zero-order valence-corrected chi connectivity index (χ0v) is 12.2. The monoisotopic (exact) mass is 343 g/mol. The molecule has 1 aromatic rings. The van der Waals surface area contributed by atoms with E-state index in [1.807, 2.05) is 12.1 Å². The Kier molecular flexibility index (Phi) is 4.97. The lowest BCUT2D eigenvalue weighted by molar-refractivity contribution is -0.159. The molecular weight excluding hydrogens is 330 g/mol. The predicted molar refractivity (Wildman–Crippen MR) is 73.6 cm³/mol. The maximum absolute atomic E-state index is 11.9. The van der Waals surface area contributed by atoms with Crippen molar-refractivity contribution in [1.29, 1.82) is 0 Å². The van der Waals surface area contributed by atoms with Crippen LogP contribution in [0.4, 0.5) is 0 Å². The van der Waals surface area contributed by atoms with Crippen molar-refractivity contribution in [2.45, 2.75) is 6.10 Å². The number of carbonyl (C=O) groups excluding carboxylic acids is 1. The van der Waals surface area contributed by atoms with Gasteiger partial charge in [-0.15, -0.1) is 0 Å². The van der Waals surface area contributed by atoms with Gasteiger partial charge in [0.2, 0.25) is 0 Å². The molecule has 6 nitrogen and oxygen atoms in total. The zero-order valence-electron chi connectivity index (χ0n) is 10.6. The van der Waals surface area contributed by atoms with Gasteiger partial charge < -0.3 is 19.5 Å². The molecule has 7 heteroatoms. The first-order valence-electron chi connectivity index (χ1n) is 6.07. The molecule has 1 heterocycles. The predicted octanol–water partition coefficient (Wildman–Crippen LogP) is 1.14. The Balaban J connectivity index is 1.85. The van der Waals surface area contributed by atoms with E-state index in [1.54, 1.807) is 12.1 Å². The number of ether oxygens (including phenoxy) is 2. The van der Waals surface area contributed by atoms with E-state index in [0.717, 1.165) is 4.47 Å². The molecule has 1 aromatic carbocycles. The highest BCUT2D eigenvalue weighted by atomic mass is 79.9. The summed E-state index contributed by atoms with van der Waals surface area (Å²) in [6.45, 7) is 0.541. The van der Waals surface area contributed by atoms with Crippen molar-refractivity contribution in [3.05, 3.63) is 28.7 Å². The van der Waals surface area contributed by atoms with Crippen LogP contribution in [-0.4, -0.2) is 54.3 Å². The Morgan fingerprint density at radius 3 is 2.75 bits per heavy atom. The number of carboxylic acid groups (broad SMARTS) is 1. The molecule has 0 aromatic heterocycles. The van der Waals surface area contributed by atoms with Crippen LogP contribution in [0.5, 0.6) is 5.75 Å². The topological polar surface area (TPSA) is 76.1 Å². The molecule has 1 aliphatic heterocycles. The van der Waals surface area contributed by atoms with Crippen LogP contribution in [0.3, 0.4) is 0 Å². The highest BCUT2D eigenvalue weighted by Gasteiger charge is 2.28. The molecule has 20 heavy (non-hydrogen) atoms. The van der Waals surface area contributed by atoms with Gasteiger partial charge in [-0.2, -0.15) is 0 Å². The number of rotatable bonds is 4. The Hall–Kier alpha value is -1.60. The summed E-state index contributed by atoms with van der Waals surface area (Å²) in [7, 11) is 0. The number of carbonyl (C=O) groups is 2. The van der Waals surface area contributed by atoms with Gasteiger partial charge in [-0.05, 0) is 24.3 Å². The van der Waals surface area contributed by atoms with E-state index in [1.165, 1.54) is 4.90 Å². The van der Waals surface area contributed by atoms with Crippen LogP contribution in [0.25, 0.3) is 0 Å². The Morgan fingerprint density at radius 2 is 2.10 bits per heavy atom. The summed E-state index contributed by atoms with van der Waals surface area (Å²) in [5.74, 6) is -0.719. The van der Waals surface area contributed by atoms with Crippen LogP contribution in [0.1, 0.15) is 0 Å². The molecule has 1 aliphatic rings. The van der Waals surface area contributed by atoms with Gasteiger partial charge in [0.15, 0.2) is 12.7 Å². The highest BCUT2D eigenvalue weighted by Crippen LogP contribution is 2.16. The van der Waals surface area contributed by atoms with Gasteiger partial charge in [0.1, 0.15) is 5.75 Å². The first-order valence-corrected chi connectivity index (χ1v) is 6.86. The lowest BCUT2D eigenvalue weighted by Gasteiger charge is -2.30. The molecule has 1 amide bonds. The van der Waals surface area contributed by atoms with E-state index < -0.39 is 12.1 Å². The van der Waals surface area contributed by atoms with Gasteiger partial charge in [0, 0.05) is 11.0 Å². The van der Waals surface area contributed by atoms with Crippen molar-refractivity contribution in [3.63, 3.8) is 0 Å². The molecule has 1 fully saturated rings. The van der Waals surface area contributed by atoms with Crippen molar-refractivity contribution in [2.75, 3.05) is 26.3 Å². The number of halogens is 1. The first kappa shape index (κ1) is 14.8. The van der Waals surface area contributed by atoms with Crippen LogP contribution < -0.4 is 4.74 Å². The minimum Gasteiger partial charge on any atom is -0.484 e. The summed E-state index contributed by atoms with van der Waals surface area (Å²) < 4.78 is 11.4. The van der Waals surface area contributed by atoms with Gasteiger partial charge in [-0.1, -0.05) is 15.9 Å². The van der Waals surface area contributed by atoms with E-state index in [-0.39, 0.29) is 25.7 Å². The van der Waals surface area contributed by atoms with Crippen LogP contribution in [0.15, 0.2) is 28.7 Å². The van der Waals surface area contributed by atoms with Crippen LogP contribution in [0, 0.1) is 0 Å². The summed E-state index contributed by atoms with van der Waals surface area (Å²) >= 11 is 3.31. The normalized spacial score (nSPS) is 18.6. The molecule has 0 saturated carbocycles. The molecule has 1 saturated heterocycles. The van der Waals surface area contributed by atoms with Crippen molar-refractivity contribution in [1.82, 2.24) is 4.90 Å². The SMILES string of the molecule is O=C(O)C1CN(C(=O)COc2ccc(Br)cc2)CCO1. The van der Waals surface area contributed by atoms with Crippen LogP contribution >= 0.6 is 15.9 Å². The first-order chi connectivity index (χ1) is 9.56. The molecule has 0 aliphatic carbocycles. The molecule has 2 rings (SSSR count). The number of aliphatic carboxylic acids is 1. The van der Waals surface area contributed by atoms with Gasteiger partial charge in [0.25, 0.3) is 5.91 Å². The zero-order chi connectivity index (χ0) is 14.5. The third kappa shape index (κ3) is 3.94. The number of hydrogen-bond donors (Lipinski definition) is 1. The van der Waals surface area contributed by atoms with Gasteiger partial charge in [0.05, 0.1) is 13.2 Å². The van der Waals surface area contributed by atoms with Gasteiger partial charge in [-0.3, -0.25) is 4.79 Å². The number of morpholine rings is 1. The molecule has 0 radical (unpaired) electrons. The number of amides is 1. The lowest BCUT2D eigenvalue weighted by atomic mass is 10.2. The Bertz CT molecular complexity index is 490. The summed E-state index contributed by atoms with van der Waals surface area (Å²) in [6, 6.07) is 7.12. The van der Waals surface area contributed by atoms with Crippen LogP contribution in [-0.2, 0) is 14.3 Å². The Morgan fingerprint density at radius 1 is 1.40 bits per heavy atom. The standard InChI is InChI=1S/C13H14BrNO5/c14-9-1-3-10(4-2-9)20-8-12(16)15-5-6-19-11(7-15)13(17)18/h1-4,11H,5-8H2,(H,17,18). The van der Waals surface area contributed by atoms with E-state index in [4.69, 9.17) is 14.6 Å². The molecule has 108 valence electrons. The number of benzene rings is 1. The maximum atomic E-state index is 11.9. The molecule has 1 atom stereocenters. The van der Waals surface area contributed by atoms with Crippen LogP contribution in [0.2, 0.25) is 0 Å². The molecule has 1 unspecified atom stereocenters. The number of carboxylic acids is 1. The number of hydrogen-bond acceptors (Lipinski definition) is 4. The average Bonchev–Trinajstić information content (AvgIpc) is 2.46. The van der Waals surface area contributed by atoms with E-state index >= 15 is 0 Å². The fourth-order valence-electron chi connectivity index (χ4n) is 1.79. The van der Waals surface area contributed by atoms with Crippen molar-refractivity contribution in [3.8, 4) is 5.75 Å². The summed E-state index contributed by atoms with van der Waals surface area (Å²) in [6.07, 6.45) is -0.958. The average molecular weight is 344 g/mol. The molecule has 0 spiro atoms. The number of nitrogens with zero attached hydrogens (tertiary/aromatic N) is 1. The minimum atomic E-state index is -1.06. The van der Waals surface area contributed by atoms with Crippen molar-refractivity contribution < 1.29 is 24.2 Å². The summed E-state index contributed by atoms with van der Waals surface area (Å²) in [4.78, 5) is 24.2. The van der Waals surface area contributed by atoms with E-state index in [9.17, 15) is 9.59 Å².